The third-order valence-corrected chi connectivity index (χ3v) is 6.15. The lowest BCUT2D eigenvalue weighted by molar-refractivity contribution is 0.126. The van der Waals surface area contributed by atoms with Crippen LogP contribution >= 0.6 is 15.9 Å². The normalized spacial score (nSPS) is 26.4. The molecule has 5 nitrogen and oxygen atoms in total. The number of hydrogen-bond donors (Lipinski definition) is 3. The quantitative estimate of drug-likeness (QED) is 0.694. The van der Waals surface area contributed by atoms with Gasteiger partial charge in [-0.15, -0.1) is 0 Å². The Labute approximate surface area is 146 Å². The van der Waals surface area contributed by atoms with Gasteiger partial charge in [0.25, 0.3) is 0 Å². The van der Waals surface area contributed by atoms with Crippen LogP contribution in [0.2, 0.25) is 0 Å². The van der Waals surface area contributed by atoms with Gasteiger partial charge in [0, 0.05) is 18.8 Å². The minimum absolute atomic E-state index is 0.133. The van der Waals surface area contributed by atoms with Crippen molar-refractivity contribution in [2.75, 3.05) is 17.2 Å². The molecule has 1 heterocycles. The molecular formula is C17H27BrN4O. The molecule has 1 aromatic rings. The number of aliphatic hydroxyl groups is 1. The van der Waals surface area contributed by atoms with Crippen molar-refractivity contribution in [2.24, 2.45) is 5.41 Å². The van der Waals surface area contributed by atoms with E-state index in [-0.39, 0.29) is 6.10 Å². The molecule has 2 fully saturated rings. The Hall–Kier alpha value is -0.880. The highest BCUT2D eigenvalue weighted by molar-refractivity contribution is 9.10. The van der Waals surface area contributed by atoms with E-state index in [2.05, 4.69) is 43.5 Å². The van der Waals surface area contributed by atoms with Crippen LogP contribution in [-0.4, -0.2) is 33.8 Å². The lowest BCUT2D eigenvalue weighted by Crippen LogP contribution is -2.36. The zero-order chi connectivity index (χ0) is 16.3. The highest BCUT2D eigenvalue weighted by Crippen LogP contribution is 2.43. The summed E-state index contributed by atoms with van der Waals surface area (Å²) in [5, 5.41) is 16.5. The van der Waals surface area contributed by atoms with E-state index in [4.69, 9.17) is 0 Å². The monoisotopic (exact) mass is 382 g/mol. The van der Waals surface area contributed by atoms with E-state index in [1.54, 1.807) is 0 Å². The first-order valence-electron chi connectivity index (χ1n) is 8.81. The molecule has 2 aliphatic carbocycles. The fourth-order valence-electron chi connectivity index (χ4n) is 3.57. The number of nitrogens with zero attached hydrogens (tertiary/aromatic N) is 2. The van der Waals surface area contributed by atoms with Crippen molar-refractivity contribution >= 4 is 27.7 Å². The number of hydrogen-bond acceptors (Lipinski definition) is 5. The summed E-state index contributed by atoms with van der Waals surface area (Å²) < 4.78 is 0.892. The van der Waals surface area contributed by atoms with Crippen molar-refractivity contribution in [1.82, 2.24) is 9.97 Å². The highest BCUT2D eigenvalue weighted by atomic mass is 79.9. The van der Waals surface area contributed by atoms with Crippen molar-refractivity contribution in [3.63, 3.8) is 0 Å². The minimum atomic E-state index is -0.133. The first-order valence-corrected chi connectivity index (χ1v) is 9.60. The third kappa shape index (κ3) is 4.15. The topological polar surface area (TPSA) is 70.1 Å². The van der Waals surface area contributed by atoms with Crippen molar-refractivity contribution in [3.05, 3.63) is 10.7 Å². The Kier molecular flexibility index (Phi) is 5.42. The first kappa shape index (κ1) is 17.0. The fourth-order valence-corrected chi connectivity index (χ4v) is 3.87. The second-order valence-electron chi connectivity index (χ2n) is 7.10. The SMILES string of the molecule is CCC1(CNc2ncc(Br)c(NC3CCC(O)CC3)n2)CCC1. The van der Waals surface area contributed by atoms with Gasteiger partial charge in [-0.05, 0) is 66.3 Å². The standard InChI is InChI=1S/C17H27BrN4O/c1-2-17(8-3-9-17)11-20-16-19-10-14(18)15(22-16)21-12-4-6-13(23)7-5-12/h10,12-13,23H,2-9,11H2,1H3,(H2,19,20,21,22). The molecule has 0 radical (unpaired) electrons. The number of nitrogens with one attached hydrogen (secondary N) is 2. The second-order valence-corrected chi connectivity index (χ2v) is 7.95. The molecule has 128 valence electrons. The Morgan fingerprint density at radius 1 is 1.30 bits per heavy atom. The summed E-state index contributed by atoms with van der Waals surface area (Å²) in [6.45, 7) is 3.23. The maximum Gasteiger partial charge on any atom is 0.224 e. The largest absolute Gasteiger partial charge is 0.393 e. The maximum atomic E-state index is 9.62. The van der Waals surface area contributed by atoms with Crippen molar-refractivity contribution < 1.29 is 5.11 Å². The number of aliphatic hydroxyl groups excluding tert-OH is 1. The number of anilines is 2. The Balaban J connectivity index is 1.60. The van der Waals surface area contributed by atoms with Gasteiger partial charge < -0.3 is 15.7 Å². The van der Waals surface area contributed by atoms with E-state index in [0.717, 1.165) is 42.5 Å². The summed E-state index contributed by atoms with van der Waals surface area (Å²) in [4.78, 5) is 9.03. The zero-order valence-electron chi connectivity index (χ0n) is 13.8. The molecule has 0 saturated heterocycles. The summed E-state index contributed by atoms with van der Waals surface area (Å²) in [5.41, 5.74) is 0.448. The summed E-state index contributed by atoms with van der Waals surface area (Å²) in [5.74, 6) is 1.55. The van der Waals surface area contributed by atoms with E-state index in [0.29, 0.717) is 17.4 Å². The summed E-state index contributed by atoms with van der Waals surface area (Å²) in [6, 6.07) is 0.381. The smallest absolute Gasteiger partial charge is 0.224 e. The number of rotatable bonds is 6. The molecule has 3 N–H and O–H groups in total. The van der Waals surface area contributed by atoms with Crippen LogP contribution in [0.4, 0.5) is 11.8 Å². The molecule has 1 aromatic heterocycles. The second kappa shape index (κ2) is 7.34. The molecule has 2 saturated carbocycles. The molecule has 0 aliphatic heterocycles. The van der Waals surface area contributed by atoms with Crippen LogP contribution in [0.15, 0.2) is 10.7 Å². The lowest BCUT2D eigenvalue weighted by atomic mass is 9.67. The molecule has 2 aliphatic rings. The van der Waals surface area contributed by atoms with Crippen LogP contribution < -0.4 is 10.6 Å². The maximum absolute atomic E-state index is 9.62. The van der Waals surface area contributed by atoms with Gasteiger partial charge in [0.1, 0.15) is 5.82 Å². The summed E-state index contributed by atoms with van der Waals surface area (Å²) in [7, 11) is 0. The molecule has 23 heavy (non-hydrogen) atoms. The van der Waals surface area contributed by atoms with Crippen LogP contribution in [-0.2, 0) is 0 Å². The molecule has 6 heteroatoms. The average Bonchev–Trinajstić information content (AvgIpc) is 2.52. The van der Waals surface area contributed by atoms with Crippen LogP contribution in [0.3, 0.4) is 0 Å². The van der Waals surface area contributed by atoms with Gasteiger partial charge in [-0.3, -0.25) is 0 Å². The van der Waals surface area contributed by atoms with E-state index in [1.165, 1.54) is 25.7 Å². The van der Waals surface area contributed by atoms with Crippen LogP contribution in [0.1, 0.15) is 58.3 Å². The van der Waals surface area contributed by atoms with E-state index < -0.39 is 0 Å². The third-order valence-electron chi connectivity index (χ3n) is 5.57. The lowest BCUT2D eigenvalue weighted by Gasteiger charge is -2.41. The predicted octanol–water partition coefficient (Wildman–Crippen LogP) is 3.95. The fraction of sp³-hybridized carbons (Fsp3) is 0.765. The van der Waals surface area contributed by atoms with Crippen molar-refractivity contribution in [2.45, 2.75) is 70.4 Å². The van der Waals surface area contributed by atoms with Crippen molar-refractivity contribution in [1.29, 1.82) is 0 Å². The van der Waals surface area contributed by atoms with E-state index >= 15 is 0 Å². The molecule has 0 bridgehead atoms. The van der Waals surface area contributed by atoms with Gasteiger partial charge >= 0.3 is 0 Å². The summed E-state index contributed by atoms with van der Waals surface area (Å²) in [6.07, 6.45) is 10.6. The van der Waals surface area contributed by atoms with Gasteiger partial charge in [0.2, 0.25) is 5.95 Å². The first-order chi connectivity index (χ1) is 11.1. The Morgan fingerprint density at radius 2 is 2.04 bits per heavy atom. The number of halogens is 1. The summed E-state index contributed by atoms with van der Waals surface area (Å²) >= 11 is 3.53. The molecule has 0 unspecified atom stereocenters. The molecule has 0 amide bonds. The Morgan fingerprint density at radius 3 is 2.65 bits per heavy atom. The van der Waals surface area contributed by atoms with Gasteiger partial charge in [-0.1, -0.05) is 13.3 Å². The Bertz CT molecular complexity index is 522. The molecule has 0 atom stereocenters. The van der Waals surface area contributed by atoms with E-state index in [1.807, 2.05) is 6.20 Å². The van der Waals surface area contributed by atoms with E-state index in [9.17, 15) is 5.11 Å². The molecule has 0 spiro atoms. The average molecular weight is 383 g/mol. The zero-order valence-corrected chi connectivity index (χ0v) is 15.4. The molecular weight excluding hydrogens is 356 g/mol. The highest BCUT2D eigenvalue weighted by Gasteiger charge is 2.34. The van der Waals surface area contributed by atoms with Crippen molar-refractivity contribution in [3.8, 4) is 0 Å². The molecule has 3 rings (SSSR count). The van der Waals surface area contributed by atoms with Crippen LogP contribution in [0.5, 0.6) is 0 Å². The van der Waals surface area contributed by atoms with Crippen LogP contribution in [0.25, 0.3) is 0 Å². The van der Waals surface area contributed by atoms with Crippen LogP contribution in [0, 0.1) is 5.41 Å². The van der Waals surface area contributed by atoms with Gasteiger partial charge in [-0.25, -0.2) is 4.98 Å². The number of aromatic nitrogens is 2. The minimum Gasteiger partial charge on any atom is -0.393 e. The molecule has 0 aromatic carbocycles. The van der Waals surface area contributed by atoms with Gasteiger partial charge in [0.05, 0.1) is 10.6 Å². The predicted molar refractivity (Wildman–Crippen MR) is 96.7 cm³/mol. The van der Waals surface area contributed by atoms with Gasteiger partial charge in [0.15, 0.2) is 0 Å². The van der Waals surface area contributed by atoms with Gasteiger partial charge in [-0.2, -0.15) is 4.98 Å².